The number of allylic oxidation sites excluding steroid dienone is 3. The average Bonchev–Trinajstić information content (AvgIpc) is 2.49. The highest BCUT2D eigenvalue weighted by Gasteiger charge is 1.97. The molecule has 0 unspecified atom stereocenters. The van der Waals surface area contributed by atoms with Gasteiger partial charge in [-0.3, -0.25) is 4.79 Å². The lowest BCUT2D eigenvalue weighted by Gasteiger charge is -1.96. The molecule has 2 aromatic carbocycles. The fourth-order valence-corrected chi connectivity index (χ4v) is 1.50. The fourth-order valence-electron chi connectivity index (χ4n) is 1.50. The summed E-state index contributed by atoms with van der Waals surface area (Å²) in [7, 11) is 0. The van der Waals surface area contributed by atoms with Crippen molar-refractivity contribution in [1.29, 1.82) is 0 Å². The number of carbonyl (C=O) groups excluding carboxylic acids is 1. The van der Waals surface area contributed by atoms with Crippen LogP contribution in [0.4, 0.5) is 0 Å². The summed E-state index contributed by atoms with van der Waals surface area (Å²) in [5.74, 6) is 0.742. The summed E-state index contributed by atoms with van der Waals surface area (Å²) < 4.78 is 5.35. The zero-order valence-electron chi connectivity index (χ0n) is 10.4. The third-order valence-corrected chi connectivity index (χ3v) is 2.44. The van der Waals surface area contributed by atoms with Crippen molar-refractivity contribution in [2.24, 2.45) is 0 Å². The average molecular weight is 250 g/mol. The van der Waals surface area contributed by atoms with E-state index in [4.69, 9.17) is 4.74 Å². The second kappa shape index (κ2) is 6.97. The summed E-state index contributed by atoms with van der Waals surface area (Å²) in [4.78, 5) is 11.7. The lowest BCUT2D eigenvalue weighted by Crippen LogP contribution is -1.92. The van der Waals surface area contributed by atoms with Crippen molar-refractivity contribution in [2.75, 3.05) is 0 Å². The molecule has 2 aromatic rings. The molecule has 0 aromatic heterocycles. The predicted molar refractivity (Wildman–Crippen MR) is 76.1 cm³/mol. The topological polar surface area (TPSA) is 26.3 Å². The van der Waals surface area contributed by atoms with Gasteiger partial charge in [0.2, 0.25) is 0 Å². The van der Waals surface area contributed by atoms with Crippen LogP contribution in [-0.4, -0.2) is 5.78 Å². The van der Waals surface area contributed by atoms with Gasteiger partial charge in [0.1, 0.15) is 5.75 Å². The number of rotatable bonds is 5. The molecule has 0 aliphatic carbocycles. The standard InChI is InChI=1S/C17H14O2/c18-17(15-9-3-1-4-10-15)13-7-8-14-19-16-11-5-2-6-12-16/h1-14H/b13-7+,14-8+. The van der Waals surface area contributed by atoms with E-state index >= 15 is 0 Å². The van der Waals surface area contributed by atoms with E-state index in [0.29, 0.717) is 5.56 Å². The van der Waals surface area contributed by atoms with Crippen molar-refractivity contribution in [2.45, 2.75) is 0 Å². The molecule has 0 N–H and O–H groups in total. The van der Waals surface area contributed by atoms with Gasteiger partial charge in [0.15, 0.2) is 5.78 Å². The Labute approximate surface area is 112 Å². The van der Waals surface area contributed by atoms with E-state index in [9.17, 15) is 4.79 Å². The van der Waals surface area contributed by atoms with Crippen molar-refractivity contribution in [3.8, 4) is 5.75 Å². The van der Waals surface area contributed by atoms with Crippen molar-refractivity contribution < 1.29 is 9.53 Å². The highest BCUT2D eigenvalue weighted by atomic mass is 16.5. The lowest BCUT2D eigenvalue weighted by atomic mass is 10.1. The van der Waals surface area contributed by atoms with Crippen LogP contribution in [0.15, 0.2) is 85.2 Å². The first-order chi connectivity index (χ1) is 9.36. The summed E-state index contributed by atoms with van der Waals surface area (Å²) >= 11 is 0. The highest BCUT2D eigenvalue weighted by Crippen LogP contribution is 2.08. The van der Waals surface area contributed by atoms with E-state index in [2.05, 4.69) is 0 Å². The molecular weight excluding hydrogens is 236 g/mol. The molecule has 0 spiro atoms. The van der Waals surface area contributed by atoms with Crippen LogP contribution in [0, 0.1) is 0 Å². The zero-order valence-corrected chi connectivity index (χ0v) is 10.4. The summed E-state index contributed by atoms with van der Waals surface area (Å²) in [5.41, 5.74) is 0.677. The Morgan fingerprint density at radius 2 is 1.47 bits per heavy atom. The number of hydrogen-bond donors (Lipinski definition) is 0. The fraction of sp³-hybridized carbons (Fsp3) is 0. The molecule has 0 amide bonds. The normalized spacial score (nSPS) is 10.9. The van der Waals surface area contributed by atoms with E-state index in [0.717, 1.165) is 5.75 Å². The van der Waals surface area contributed by atoms with Crippen molar-refractivity contribution in [1.82, 2.24) is 0 Å². The van der Waals surface area contributed by atoms with Gasteiger partial charge in [-0.15, -0.1) is 0 Å². The number of carbonyl (C=O) groups is 1. The SMILES string of the molecule is O=C(/C=C/C=C/Oc1ccccc1)c1ccccc1. The van der Waals surface area contributed by atoms with Crippen molar-refractivity contribution >= 4 is 5.78 Å². The maximum absolute atomic E-state index is 11.7. The lowest BCUT2D eigenvalue weighted by molar-refractivity contribution is 0.104. The van der Waals surface area contributed by atoms with Gasteiger partial charge < -0.3 is 4.74 Å². The van der Waals surface area contributed by atoms with Crippen LogP contribution in [0.3, 0.4) is 0 Å². The third kappa shape index (κ3) is 4.28. The molecule has 0 saturated heterocycles. The van der Waals surface area contributed by atoms with Gasteiger partial charge in [-0.25, -0.2) is 0 Å². The Bertz CT molecular complexity index is 569. The largest absolute Gasteiger partial charge is 0.465 e. The Balaban J connectivity index is 1.85. The van der Waals surface area contributed by atoms with E-state index in [1.807, 2.05) is 48.5 Å². The van der Waals surface area contributed by atoms with Crippen LogP contribution < -0.4 is 4.74 Å². The Hall–Kier alpha value is -2.61. The van der Waals surface area contributed by atoms with Crippen LogP contribution >= 0.6 is 0 Å². The summed E-state index contributed by atoms with van der Waals surface area (Å²) in [6, 6.07) is 18.6. The second-order valence-corrected chi connectivity index (χ2v) is 3.85. The van der Waals surface area contributed by atoms with Crippen molar-refractivity contribution in [3.63, 3.8) is 0 Å². The molecule has 94 valence electrons. The van der Waals surface area contributed by atoms with Gasteiger partial charge in [-0.2, -0.15) is 0 Å². The minimum absolute atomic E-state index is 0.0232. The summed E-state index contributed by atoms with van der Waals surface area (Å²) in [6.45, 7) is 0. The first-order valence-electron chi connectivity index (χ1n) is 6.00. The van der Waals surface area contributed by atoms with Gasteiger partial charge in [0.25, 0.3) is 0 Å². The van der Waals surface area contributed by atoms with E-state index in [-0.39, 0.29) is 5.78 Å². The zero-order chi connectivity index (χ0) is 13.3. The smallest absolute Gasteiger partial charge is 0.185 e. The Kier molecular flexibility index (Phi) is 4.71. The van der Waals surface area contributed by atoms with Gasteiger partial charge in [-0.1, -0.05) is 54.6 Å². The molecule has 2 nitrogen and oxygen atoms in total. The summed E-state index contributed by atoms with van der Waals surface area (Å²) in [5, 5.41) is 0. The van der Waals surface area contributed by atoms with Gasteiger partial charge in [0, 0.05) is 5.56 Å². The first kappa shape index (κ1) is 12.8. The molecule has 0 fully saturated rings. The monoisotopic (exact) mass is 250 g/mol. The van der Waals surface area contributed by atoms with Gasteiger partial charge in [-0.05, 0) is 24.3 Å². The van der Waals surface area contributed by atoms with Crippen LogP contribution in [0.25, 0.3) is 0 Å². The molecule has 0 radical (unpaired) electrons. The molecule has 2 heteroatoms. The summed E-state index contributed by atoms with van der Waals surface area (Å²) in [6.07, 6.45) is 6.41. The number of benzene rings is 2. The molecule has 0 aliphatic heterocycles. The molecule has 0 atom stereocenters. The van der Waals surface area contributed by atoms with E-state index in [1.54, 1.807) is 30.5 Å². The molecule has 0 saturated carbocycles. The molecule has 2 rings (SSSR count). The maximum atomic E-state index is 11.7. The van der Waals surface area contributed by atoms with Crippen molar-refractivity contribution in [3.05, 3.63) is 90.7 Å². The molecule has 0 bridgehead atoms. The minimum Gasteiger partial charge on any atom is -0.465 e. The molecule has 0 aliphatic rings. The first-order valence-corrected chi connectivity index (χ1v) is 6.00. The second-order valence-electron chi connectivity index (χ2n) is 3.85. The number of para-hydroxylation sites is 1. The maximum Gasteiger partial charge on any atom is 0.185 e. The van der Waals surface area contributed by atoms with Gasteiger partial charge in [0.05, 0.1) is 6.26 Å². The quantitative estimate of drug-likeness (QED) is 0.347. The van der Waals surface area contributed by atoms with Crippen LogP contribution in [0.1, 0.15) is 10.4 Å². The Morgan fingerprint density at radius 3 is 2.16 bits per heavy atom. The van der Waals surface area contributed by atoms with E-state index in [1.165, 1.54) is 6.08 Å². The minimum atomic E-state index is -0.0232. The van der Waals surface area contributed by atoms with Crippen LogP contribution in [-0.2, 0) is 0 Å². The van der Waals surface area contributed by atoms with Crippen LogP contribution in [0.2, 0.25) is 0 Å². The predicted octanol–water partition coefficient (Wildman–Crippen LogP) is 4.02. The molecule has 19 heavy (non-hydrogen) atoms. The van der Waals surface area contributed by atoms with E-state index < -0.39 is 0 Å². The molecular formula is C17H14O2. The number of hydrogen-bond acceptors (Lipinski definition) is 2. The number of ketones is 1. The highest BCUT2D eigenvalue weighted by molar-refractivity contribution is 6.04. The number of ether oxygens (including phenoxy) is 1. The van der Waals surface area contributed by atoms with Gasteiger partial charge >= 0.3 is 0 Å². The molecule has 0 heterocycles. The van der Waals surface area contributed by atoms with Crippen LogP contribution in [0.5, 0.6) is 5.75 Å². The third-order valence-electron chi connectivity index (χ3n) is 2.44. The Morgan fingerprint density at radius 1 is 0.842 bits per heavy atom.